The van der Waals surface area contributed by atoms with Crippen molar-refractivity contribution >= 4 is 18.7 Å². The van der Waals surface area contributed by atoms with Crippen LogP contribution in [0.25, 0.3) is 0 Å². The Morgan fingerprint density at radius 3 is 2.65 bits per heavy atom. The number of nitrogens with one attached hydrogen (secondary N) is 2. The zero-order valence-electron chi connectivity index (χ0n) is 12.9. The lowest BCUT2D eigenvalue weighted by molar-refractivity contribution is 0.299. The topological polar surface area (TPSA) is 85.6 Å². The summed E-state index contributed by atoms with van der Waals surface area (Å²) in [6.45, 7) is 0.776. The number of hydrogen-bond acceptors (Lipinski definition) is 5. The van der Waals surface area contributed by atoms with Crippen molar-refractivity contribution < 1.29 is 14.9 Å². The van der Waals surface area contributed by atoms with Gasteiger partial charge in [-0.1, -0.05) is 36.4 Å². The number of ether oxygens (including phenoxy) is 1. The molecule has 0 radical (unpaired) electrons. The van der Waals surface area contributed by atoms with Crippen LogP contribution in [0.4, 0.5) is 0 Å². The highest BCUT2D eigenvalue weighted by molar-refractivity contribution is 6.65. The molecule has 120 valence electrons. The van der Waals surface area contributed by atoms with Gasteiger partial charge in [0.05, 0.1) is 13.2 Å². The molecule has 0 heterocycles. The lowest BCUT2D eigenvalue weighted by Crippen LogP contribution is -2.47. The first-order valence-corrected chi connectivity index (χ1v) is 7.58. The van der Waals surface area contributed by atoms with Gasteiger partial charge in [-0.3, -0.25) is 0 Å². The Morgan fingerprint density at radius 1 is 1.17 bits per heavy atom. The summed E-state index contributed by atoms with van der Waals surface area (Å²) in [5.74, 6) is 0.664. The summed E-state index contributed by atoms with van der Waals surface area (Å²) >= 11 is 0. The summed E-state index contributed by atoms with van der Waals surface area (Å²) in [7, 11) is -0.919. The first-order valence-electron chi connectivity index (χ1n) is 7.58. The van der Waals surface area contributed by atoms with Crippen LogP contribution in [0.3, 0.4) is 0 Å². The van der Waals surface area contributed by atoms with E-state index in [4.69, 9.17) is 15.3 Å². The van der Waals surface area contributed by atoms with Crippen LogP contribution in [-0.2, 0) is 6.42 Å². The van der Waals surface area contributed by atoms with Gasteiger partial charge in [0.15, 0.2) is 0 Å². The van der Waals surface area contributed by atoms with E-state index in [-0.39, 0.29) is 13.2 Å². The minimum atomic E-state index is -0.919. The molecular formula is C17H21BN2O3. The molecule has 6 heteroatoms. The van der Waals surface area contributed by atoms with Gasteiger partial charge in [0, 0.05) is 19.2 Å². The predicted molar refractivity (Wildman–Crippen MR) is 92.7 cm³/mol. The SMILES string of the molecule is N=Cc1cc(OCCc2ccccc2)ccc1B(O)NCCO. The smallest absolute Gasteiger partial charge is 0.413 e. The van der Waals surface area contributed by atoms with Crippen molar-refractivity contribution in [2.45, 2.75) is 6.42 Å². The zero-order chi connectivity index (χ0) is 16.5. The minimum Gasteiger partial charge on any atom is -0.493 e. The van der Waals surface area contributed by atoms with Gasteiger partial charge in [0.25, 0.3) is 0 Å². The fourth-order valence-corrected chi connectivity index (χ4v) is 2.26. The molecule has 0 saturated carbocycles. The van der Waals surface area contributed by atoms with E-state index in [1.54, 1.807) is 18.2 Å². The van der Waals surface area contributed by atoms with Gasteiger partial charge in [-0.15, -0.1) is 0 Å². The molecule has 0 fully saturated rings. The molecule has 0 aliphatic rings. The second-order valence-corrected chi connectivity index (χ2v) is 5.10. The Balaban J connectivity index is 1.96. The van der Waals surface area contributed by atoms with Crippen LogP contribution in [0.2, 0.25) is 0 Å². The first-order chi connectivity index (χ1) is 11.2. The number of aliphatic hydroxyl groups is 1. The molecule has 0 spiro atoms. The average molecular weight is 312 g/mol. The lowest BCUT2D eigenvalue weighted by Gasteiger charge is -2.13. The van der Waals surface area contributed by atoms with E-state index in [1.165, 1.54) is 11.8 Å². The van der Waals surface area contributed by atoms with Crippen molar-refractivity contribution in [2.24, 2.45) is 0 Å². The number of aliphatic hydroxyl groups excluding tert-OH is 1. The van der Waals surface area contributed by atoms with E-state index in [2.05, 4.69) is 17.4 Å². The van der Waals surface area contributed by atoms with Gasteiger partial charge < -0.3 is 25.5 Å². The molecule has 0 aromatic heterocycles. The fourth-order valence-electron chi connectivity index (χ4n) is 2.26. The van der Waals surface area contributed by atoms with Crippen LogP contribution in [0.1, 0.15) is 11.1 Å². The Labute approximate surface area is 136 Å². The first kappa shape index (κ1) is 17.2. The third-order valence-electron chi connectivity index (χ3n) is 3.46. The summed E-state index contributed by atoms with van der Waals surface area (Å²) in [6, 6.07) is 15.3. The van der Waals surface area contributed by atoms with Crippen LogP contribution in [0.15, 0.2) is 48.5 Å². The second kappa shape index (κ2) is 9.10. The quantitative estimate of drug-likeness (QED) is 0.403. The summed E-state index contributed by atoms with van der Waals surface area (Å²) < 4.78 is 5.72. The average Bonchev–Trinajstić information content (AvgIpc) is 2.60. The monoisotopic (exact) mass is 312 g/mol. The second-order valence-electron chi connectivity index (χ2n) is 5.10. The summed E-state index contributed by atoms with van der Waals surface area (Å²) in [6.07, 6.45) is 1.99. The molecule has 0 aliphatic carbocycles. The van der Waals surface area contributed by atoms with Crippen LogP contribution in [0, 0.1) is 5.41 Å². The predicted octanol–water partition coefficient (Wildman–Crippen LogP) is 0.575. The normalized spacial score (nSPS) is 10.3. The standard InChI is InChI=1S/C17H21BN2O3/c19-13-15-12-16(6-7-17(15)18(22)20-9-10-21)23-11-8-14-4-2-1-3-5-14/h1-7,12-13,19-22H,8-11H2. The maximum Gasteiger partial charge on any atom is 0.413 e. The maximum absolute atomic E-state index is 10.0. The van der Waals surface area contributed by atoms with Crippen LogP contribution < -0.4 is 15.4 Å². The van der Waals surface area contributed by atoms with E-state index in [1.807, 2.05) is 18.2 Å². The van der Waals surface area contributed by atoms with E-state index in [9.17, 15) is 5.02 Å². The molecule has 0 amide bonds. The molecule has 0 atom stereocenters. The van der Waals surface area contributed by atoms with Gasteiger partial charge >= 0.3 is 7.05 Å². The van der Waals surface area contributed by atoms with Crippen LogP contribution in [0.5, 0.6) is 5.75 Å². The van der Waals surface area contributed by atoms with Gasteiger partial charge in [-0.25, -0.2) is 0 Å². The third-order valence-corrected chi connectivity index (χ3v) is 3.46. The van der Waals surface area contributed by atoms with Crippen molar-refractivity contribution in [1.82, 2.24) is 5.23 Å². The maximum atomic E-state index is 10.0. The molecule has 5 nitrogen and oxygen atoms in total. The fraction of sp³-hybridized carbons (Fsp3) is 0.235. The van der Waals surface area contributed by atoms with Gasteiger partial charge in [0.1, 0.15) is 5.75 Å². The van der Waals surface area contributed by atoms with E-state index in [0.717, 1.165) is 6.42 Å². The molecule has 2 aromatic rings. The minimum absolute atomic E-state index is 0.0579. The Kier molecular flexibility index (Phi) is 6.81. The number of hydrogen-bond donors (Lipinski definition) is 4. The highest BCUT2D eigenvalue weighted by atomic mass is 16.5. The van der Waals surface area contributed by atoms with Crippen molar-refractivity contribution in [3.63, 3.8) is 0 Å². The molecule has 2 aromatic carbocycles. The summed E-state index contributed by atoms with van der Waals surface area (Å²) in [5.41, 5.74) is 2.38. The Morgan fingerprint density at radius 2 is 1.96 bits per heavy atom. The van der Waals surface area contributed by atoms with Crippen LogP contribution >= 0.6 is 0 Å². The highest BCUT2D eigenvalue weighted by Crippen LogP contribution is 2.12. The largest absolute Gasteiger partial charge is 0.493 e. The van der Waals surface area contributed by atoms with E-state index in [0.29, 0.717) is 23.4 Å². The zero-order valence-corrected chi connectivity index (χ0v) is 12.9. The van der Waals surface area contributed by atoms with Crippen molar-refractivity contribution in [2.75, 3.05) is 19.8 Å². The molecule has 0 saturated heterocycles. The Hall–Kier alpha value is -2.15. The number of rotatable bonds is 9. The van der Waals surface area contributed by atoms with E-state index < -0.39 is 7.05 Å². The van der Waals surface area contributed by atoms with E-state index >= 15 is 0 Å². The van der Waals surface area contributed by atoms with Gasteiger partial charge in [0.2, 0.25) is 0 Å². The molecule has 2 rings (SSSR count). The van der Waals surface area contributed by atoms with Crippen LogP contribution in [-0.4, -0.2) is 43.2 Å². The molecular weight excluding hydrogens is 291 g/mol. The lowest BCUT2D eigenvalue weighted by atomic mass is 9.71. The Bertz CT molecular complexity index is 622. The third kappa shape index (κ3) is 5.21. The number of benzene rings is 2. The van der Waals surface area contributed by atoms with Crippen molar-refractivity contribution in [3.8, 4) is 5.75 Å². The highest BCUT2D eigenvalue weighted by Gasteiger charge is 2.17. The molecule has 23 heavy (non-hydrogen) atoms. The van der Waals surface area contributed by atoms with Gasteiger partial charge in [-0.05, 0) is 28.7 Å². The van der Waals surface area contributed by atoms with Gasteiger partial charge in [-0.2, -0.15) is 0 Å². The summed E-state index contributed by atoms with van der Waals surface area (Å²) in [4.78, 5) is 0. The molecule has 0 bridgehead atoms. The summed E-state index contributed by atoms with van der Waals surface area (Å²) in [5, 5.41) is 29.1. The molecule has 0 unspecified atom stereocenters. The molecule has 4 N–H and O–H groups in total. The van der Waals surface area contributed by atoms with Crippen molar-refractivity contribution in [1.29, 1.82) is 5.41 Å². The van der Waals surface area contributed by atoms with Crippen molar-refractivity contribution in [3.05, 3.63) is 59.7 Å². The molecule has 0 aliphatic heterocycles.